The van der Waals surface area contributed by atoms with Crippen LogP contribution < -0.4 is 11.2 Å². The molecule has 4 rings (SSSR count). The van der Waals surface area contributed by atoms with Gasteiger partial charge in [0.2, 0.25) is 0 Å². The van der Waals surface area contributed by atoms with E-state index in [0.29, 0.717) is 6.54 Å². The van der Waals surface area contributed by atoms with Crippen LogP contribution in [0.2, 0.25) is 0 Å². The number of aryl methyl sites for hydroxylation is 1. The minimum Gasteiger partial charge on any atom is -0.331 e. The number of rotatable bonds is 4. The molecule has 0 atom stereocenters. The minimum atomic E-state index is -0.489. The summed E-state index contributed by atoms with van der Waals surface area (Å²) in [4.78, 5) is 43.5. The first-order valence-corrected chi connectivity index (χ1v) is 8.98. The molecule has 8 heteroatoms. The summed E-state index contributed by atoms with van der Waals surface area (Å²) in [7, 11) is 2.92. The Bertz CT molecular complexity index is 1190. The summed E-state index contributed by atoms with van der Waals surface area (Å²) in [6.07, 6.45) is 3.21. The van der Waals surface area contributed by atoms with Crippen LogP contribution in [0.1, 0.15) is 28.8 Å². The van der Waals surface area contributed by atoms with Crippen molar-refractivity contribution < 1.29 is 9.18 Å². The van der Waals surface area contributed by atoms with Crippen molar-refractivity contribution in [1.82, 2.24) is 19.0 Å². The molecule has 1 fully saturated rings. The normalized spacial score (nSPS) is 13.7. The van der Waals surface area contributed by atoms with E-state index in [2.05, 4.69) is 4.98 Å². The van der Waals surface area contributed by atoms with Gasteiger partial charge in [0.05, 0.1) is 10.9 Å². The standard InChI is InChI=1S/C20H19FN4O3/c1-23-17-16(19(27)24(2)20(23)28)9-13(10-22-17)18(26)25(15-7-8-15)11-12-3-5-14(21)6-4-12/h3-6,9-10,15H,7-8,11H2,1-2H3. The first-order chi connectivity index (χ1) is 13.4. The van der Waals surface area contributed by atoms with Crippen LogP contribution in [0.15, 0.2) is 46.1 Å². The summed E-state index contributed by atoms with van der Waals surface area (Å²) in [5.74, 6) is -0.564. The van der Waals surface area contributed by atoms with Gasteiger partial charge in [0.15, 0.2) is 0 Å². The van der Waals surface area contributed by atoms with Crippen LogP contribution in [-0.2, 0) is 20.6 Å². The Morgan fingerprint density at radius 3 is 2.50 bits per heavy atom. The molecule has 1 aromatic carbocycles. The summed E-state index contributed by atoms with van der Waals surface area (Å²) in [6.45, 7) is 0.354. The molecule has 2 aromatic heterocycles. The topological polar surface area (TPSA) is 77.2 Å². The molecule has 0 radical (unpaired) electrons. The first-order valence-electron chi connectivity index (χ1n) is 8.98. The van der Waals surface area contributed by atoms with Gasteiger partial charge < -0.3 is 4.90 Å². The monoisotopic (exact) mass is 382 g/mol. The lowest BCUT2D eigenvalue weighted by atomic mass is 10.1. The van der Waals surface area contributed by atoms with E-state index in [4.69, 9.17) is 0 Å². The maximum Gasteiger partial charge on any atom is 0.332 e. The van der Waals surface area contributed by atoms with E-state index in [1.807, 2.05) is 0 Å². The Balaban J connectivity index is 1.73. The highest BCUT2D eigenvalue weighted by Gasteiger charge is 2.33. The molecule has 1 aliphatic rings. The molecule has 0 aliphatic heterocycles. The molecule has 28 heavy (non-hydrogen) atoms. The molecule has 0 bridgehead atoms. The second kappa shape index (κ2) is 6.70. The Kier molecular flexibility index (Phi) is 4.33. The highest BCUT2D eigenvalue weighted by Crippen LogP contribution is 2.30. The maximum atomic E-state index is 13.2. The third-order valence-electron chi connectivity index (χ3n) is 5.05. The van der Waals surface area contributed by atoms with Crippen LogP contribution in [0, 0.1) is 5.82 Å². The zero-order valence-corrected chi connectivity index (χ0v) is 15.6. The highest BCUT2D eigenvalue weighted by atomic mass is 19.1. The SMILES string of the molecule is Cn1c(=O)c2cc(C(=O)N(Cc3ccc(F)cc3)C3CC3)cnc2n(C)c1=O. The number of amides is 1. The Morgan fingerprint density at radius 1 is 1.18 bits per heavy atom. The number of fused-ring (bicyclic) bond motifs is 1. The van der Waals surface area contributed by atoms with Gasteiger partial charge in [0.25, 0.3) is 11.5 Å². The van der Waals surface area contributed by atoms with Gasteiger partial charge in [0, 0.05) is 32.9 Å². The van der Waals surface area contributed by atoms with Crippen molar-refractivity contribution in [3.63, 3.8) is 0 Å². The zero-order valence-electron chi connectivity index (χ0n) is 15.6. The molecule has 144 valence electrons. The van der Waals surface area contributed by atoms with Gasteiger partial charge in [-0.05, 0) is 36.6 Å². The van der Waals surface area contributed by atoms with Crippen molar-refractivity contribution in [2.75, 3.05) is 0 Å². The van der Waals surface area contributed by atoms with Crippen molar-refractivity contribution in [2.45, 2.75) is 25.4 Å². The van der Waals surface area contributed by atoms with Crippen LogP contribution in [0.5, 0.6) is 0 Å². The quantitative estimate of drug-likeness (QED) is 0.686. The van der Waals surface area contributed by atoms with Crippen LogP contribution in [0.25, 0.3) is 11.0 Å². The number of aromatic nitrogens is 3. The molecule has 0 unspecified atom stereocenters. The zero-order chi connectivity index (χ0) is 20.0. The van der Waals surface area contributed by atoms with Gasteiger partial charge in [-0.15, -0.1) is 0 Å². The molecule has 0 saturated heterocycles. The van der Waals surface area contributed by atoms with Gasteiger partial charge in [-0.25, -0.2) is 14.2 Å². The summed E-state index contributed by atoms with van der Waals surface area (Å²) in [5.41, 5.74) is 0.392. The summed E-state index contributed by atoms with van der Waals surface area (Å²) < 4.78 is 15.4. The van der Waals surface area contributed by atoms with Gasteiger partial charge in [0.1, 0.15) is 11.5 Å². The highest BCUT2D eigenvalue weighted by molar-refractivity contribution is 5.97. The number of benzene rings is 1. The van der Waals surface area contributed by atoms with Crippen molar-refractivity contribution in [3.05, 3.63) is 74.3 Å². The van der Waals surface area contributed by atoms with Crippen LogP contribution >= 0.6 is 0 Å². The fourth-order valence-electron chi connectivity index (χ4n) is 3.29. The Morgan fingerprint density at radius 2 is 1.86 bits per heavy atom. The minimum absolute atomic E-state index is 0.121. The molecule has 1 amide bonds. The molecule has 1 saturated carbocycles. The molecule has 3 aromatic rings. The summed E-state index contributed by atoms with van der Waals surface area (Å²) in [5, 5.41) is 0.216. The maximum absolute atomic E-state index is 13.2. The predicted molar refractivity (Wildman–Crippen MR) is 102 cm³/mol. The summed E-state index contributed by atoms with van der Waals surface area (Å²) in [6, 6.07) is 7.66. The second-order valence-electron chi connectivity index (χ2n) is 7.09. The van der Waals surface area contributed by atoms with E-state index in [9.17, 15) is 18.8 Å². The lowest BCUT2D eigenvalue weighted by Gasteiger charge is -2.23. The number of carbonyl (C=O) groups is 1. The van der Waals surface area contributed by atoms with E-state index >= 15 is 0 Å². The van der Waals surface area contributed by atoms with Crippen molar-refractivity contribution >= 4 is 16.9 Å². The van der Waals surface area contributed by atoms with E-state index < -0.39 is 11.2 Å². The fourth-order valence-corrected chi connectivity index (χ4v) is 3.29. The van der Waals surface area contributed by atoms with Crippen molar-refractivity contribution in [1.29, 1.82) is 0 Å². The average molecular weight is 382 g/mol. The van der Waals surface area contributed by atoms with Crippen LogP contribution in [-0.4, -0.2) is 31.0 Å². The molecule has 2 heterocycles. The van der Waals surface area contributed by atoms with E-state index in [1.165, 1.54) is 43.1 Å². The van der Waals surface area contributed by atoms with Gasteiger partial charge in [-0.3, -0.25) is 18.7 Å². The fraction of sp³-hybridized carbons (Fsp3) is 0.300. The Labute approximate surface area is 159 Å². The van der Waals surface area contributed by atoms with Crippen molar-refractivity contribution in [2.24, 2.45) is 14.1 Å². The molecule has 7 nitrogen and oxygen atoms in total. The number of hydrogen-bond donors (Lipinski definition) is 0. The van der Waals surface area contributed by atoms with E-state index in [0.717, 1.165) is 23.0 Å². The third kappa shape index (κ3) is 3.11. The lowest BCUT2D eigenvalue weighted by Crippen LogP contribution is -2.37. The van der Waals surface area contributed by atoms with E-state index in [-0.39, 0.29) is 34.4 Å². The van der Waals surface area contributed by atoms with Crippen LogP contribution in [0.4, 0.5) is 4.39 Å². The third-order valence-corrected chi connectivity index (χ3v) is 5.05. The number of nitrogens with zero attached hydrogens (tertiary/aromatic N) is 4. The number of hydrogen-bond acceptors (Lipinski definition) is 4. The number of carbonyl (C=O) groups excluding carboxylic acids is 1. The molecule has 1 aliphatic carbocycles. The van der Waals surface area contributed by atoms with Gasteiger partial charge in [-0.2, -0.15) is 0 Å². The summed E-state index contributed by atoms with van der Waals surface area (Å²) >= 11 is 0. The Hall–Kier alpha value is -3.29. The second-order valence-corrected chi connectivity index (χ2v) is 7.09. The molecular formula is C20H19FN4O3. The molecule has 0 spiro atoms. The van der Waals surface area contributed by atoms with E-state index in [1.54, 1.807) is 17.0 Å². The first kappa shape index (κ1) is 18.1. The molecular weight excluding hydrogens is 363 g/mol. The predicted octanol–water partition coefficient (Wildman–Crippen LogP) is 1.58. The lowest BCUT2D eigenvalue weighted by molar-refractivity contribution is 0.0729. The average Bonchev–Trinajstić information content (AvgIpc) is 3.54. The number of pyridine rings is 1. The van der Waals surface area contributed by atoms with Crippen LogP contribution in [0.3, 0.4) is 0 Å². The van der Waals surface area contributed by atoms with Crippen molar-refractivity contribution in [3.8, 4) is 0 Å². The molecule has 0 N–H and O–H groups in total. The van der Waals surface area contributed by atoms with Gasteiger partial charge in [-0.1, -0.05) is 12.1 Å². The van der Waals surface area contributed by atoms with Gasteiger partial charge >= 0.3 is 5.69 Å². The largest absolute Gasteiger partial charge is 0.332 e. The smallest absolute Gasteiger partial charge is 0.331 e. The number of halogens is 1.